The molecule has 0 saturated heterocycles. The highest BCUT2D eigenvalue weighted by molar-refractivity contribution is 9.10. The van der Waals surface area contributed by atoms with E-state index in [1.165, 1.54) is 12.1 Å². The van der Waals surface area contributed by atoms with Crippen LogP contribution in [0.2, 0.25) is 0 Å². The van der Waals surface area contributed by atoms with Gasteiger partial charge in [0.1, 0.15) is 5.75 Å². The largest absolute Gasteiger partial charge is 0.483 e. The number of aryl methyl sites for hydroxylation is 1. The number of rotatable bonds is 5. The van der Waals surface area contributed by atoms with E-state index in [0.29, 0.717) is 5.75 Å². The number of halogens is 3. The summed E-state index contributed by atoms with van der Waals surface area (Å²) < 4.78 is 32.6. The van der Waals surface area contributed by atoms with Gasteiger partial charge in [0.15, 0.2) is 18.2 Å². The highest BCUT2D eigenvalue weighted by Crippen LogP contribution is 2.21. The lowest BCUT2D eigenvalue weighted by atomic mass is 10.2. The molecule has 0 aromatic heterocycles. The number of nitrogens with zero attached hydrogens (tertiary/aromatic N) is 1. The third kappa shape index (κ3) is 4.85. The van der Waals surface area contributed by atoms with Crippen LogP contribution >= 0.6 is 15.9 Å². The zero-order chi connectivity index (χ0) is 16.8. The van der Waals surface area contributed by atoms with E-state index in [1.54, 1.807) is 12.1 Å². The summed E-state index contributed by atoms with van der Waals surface area (Å²) in [6, 6.07) is 9.08. The van der Waals surface area contributed by atoms with Gasteiger partial charge in [-0.1, -0.05) is 28.1 Å². The lowest BCUT2D eigenvalue weighted by Crippen LogP contribution is -2.24. The predicted molar refractivity (Wildman–Crippen MR) is 86.5 cm³/mol. The number of benzene rings is 2. The summed E-state index contributed by atoms with van der Waals surface area (Å²) >= 11 is 3.33. The van der Waals surface area contributed by atoms with Gasteiger partial charge in [-0.25, -0.2) is 14.2 Å². The number of amides is 1. The number of ether oxygens (including phenoxy) is 1. The van der Waals surface area contributed by atoms with Crippen molar-refractivity contribution in [2.45, 2.75) is 6.92 Å². The minimum absolute atomic E-state index is 0.0602. The zero-order valence-corrected chi connectivity index (χ0v) is 13.7. The van der Waals surface area contributed by atoms with Crippen LogP contribution in [0, 0.1) is 18.6 Å². The van der Waals surface area contributed by atoms with Gasteiger partial charge in [0.2, 0.25) is 0 Å². The Bertz CT molecular complexity index is 751. The van der Waals surface area contributed by atoms with Gasteiger partial charge in [-0.05, 0) is 36.8 Å². The molecule has 1 amide bonds. The Labute approximate surface area is 140 Å². The predicted octanol–water partition coefficient (Wildman–Crippen LogP) is 3.56. The molecule has 0 heterocycles. The summed E-state index contributed by atoms with van der Waals surface area (Å²) in [7, 11) is 0. The van der Waals surface area contributed by atoms with Crippen LogP contribution in [0.15, 0.2) is 46.0 Å². The topological polar surface area (TPSA) is 50.7 Å². The second kappa shape index (κ2) is 7.82. The maximum Gasteiger partial charge on any atom is 0.277 e. The summed E-state index contributed by atoms with van der Waals surface area (Å²) in [5.74, 6) is -1.94. The molecule has 2 aromatic rings. The van der Waals surface area contributed by atoms with Crippen LogP contribution in [0.25, 0.3) is 0 Å². The zero-order valence-electron chi connectivity index (χ0n) is 12.1. The van der Waals surface area contributed by atoms with E-state index < -0.39 is 17.5 Å². The Morgan fingerprint density at radius 2 is 2.13 bits per heavy atom. The first kappa shape index (κ1) is 17.1. The first-order chi connectivity index (χ1) is 11.0. The minimum Gasteiger partial charge on any atom is -0.483 e. The molecule has 0 saturated carbocycles. The van der Waals surface area contributed by atoms with Gasteiger partial charge in [0.25, 0.3) is 5.91 Å². The highest BCUT2D eigenvalue weighted by Gasteiger charge is 2.06. The molecule has 0 aliphatic heterocycles. The standard InChI is InChI=1S/C16H13BrF2N2O2/c1-10-7-12(17)5-6-14(10)23-9-15(22)21-20-8-11-3-2-4-13(18)16(11)19/h2-8H,9H2,1H3,(H,21,22). The van der Waals surface area contributed by atoms with Crippen LogP contribution in [0.5, 0.6) is 5.75 Å². The molecule has 120 valence electrons. The molecule has 0 aliphatic rings. The molecule has 1 N–H and O–H groups in total. The van der Waals surface area contributed by atoms with Crippen LogP contribution in [0.3, 0.4) is 0 Å². The van der Waals surface area contributed by atoms with E-state index >= 15 is 0 Å². The lowest BCUT2D eigenvalue weighted by molar-refractivity contribution is -0.123. The third-order valence-electron chi connectivity index (χ3n) is 2.87. The fraction of sp³-hybridized carbons (Fsp3) is 0.125. The number of hydrogen-bond donors (Lipinski definition) is 1. The third-order valence-corrected chi connectivity index (χ3v) is 3.36. The SMILES string of the molecule is Cc1cc(Br)ccc1OCC(=O)NN=Cc1cccc(F)c1F. The number of nitrogens with one attached hydrogen (secondary N) is 1. The van der Waals surface area contributed by atoms with E-state index in [4.69, 9.17) is 4.74 Å². The van der Waals surface area contributed by atoms with Crippen molar-refractivity contribution in [3.05, 3.63) is 63.6 Å². The molecule has 7 heteroatoms. The summed E-state index contributed by atoms with van der Waals surface area (Å²) in [6.45, 7) is 1.61. The van der Waals surface area contributed by atoms with Crippen molar-refractivity contribution in [2.24, 2.45) is 5.10 Å². The summed E-state index contributed by atoms with van der Waals surface area (Å²) in [5, 5.41) is 3.57. The second-order valence-corrected chi connectivity index (χ2v) is 5.55. The maximum absolute atomic E-state index is 13.4. The Morgan fingerprint density at radius 1 is 1.35 bits per heavy atom. The van der Waals surface area contributed by atoms with Gasteiger partial charge in [-0.15, -0.1) is 0 Å². The molecule has 2 aromatic carbocycles. The van der Waals surface area contributed by atoms with Crippen molar-refractivity contribution in [1.82, 2.24) is 5.43 Å². The Kier molecular flexibility index (Phi) is 5.81. The van der Waals surface area contributed by atoms with E-state index in [-0.39, 0.29) is 12.2 Å². The summed E-state index contributed by atoms with van der Waals surface area (Å²) in [6.07, 6.45) is 1.03. The van der Waals surface area contributed by atoms with Crippen molar-refractivity contribution >= 4 is 28.1 Å². The van der Waals surface area contributed by atoms with Crippen molar-refractivity contribution in [3.63, 3.8) is 0 Å². The Hall–Kier alpha value is -2.28. The fourth-order valence-electron chi connectivity index (χ4n) is 1.74. The Morgan fingerprint density at radius 3 is 2.87 bits per heavy atom. The fourth-order valence-corrected chi connectivity index (χ4v) is 2.22. The summed E-state index contributed by atoms with van der Waals surface area (Å²) in [5.41, 5.74) is 3.00. The molecule has 0 spiro atoms. The second-order valence-electron chi connectivity index (χ2n) is 4.63. The molecule has 4 nitrogen and oxygen atoms in total. The molecule has 0 aliphatic carbocycles. The number of hydrazone groups is 1. The normalized spacial score (nSPS) is 10.8. The van der Waals surface area contributed by atoms with Crippen molar-refractivity contribution in [2.75, 3.05) is 6.61 Å². The van der Waals surface area contributed by atoms with Gasteiger partial charge < -0.3 is 4.74 Å². The van der Waals surface area contributed by atoms with E-state index in [2.05, 4.69) is 26.5 Å². The number of carbonyl (C=O) groups excluding carboxylic acids is 1. The molecule has 0 fully saturated rings. The smallest absolute Gasteiger partial charge is 0.277 e. The molecule has 2 rings (SSSR count). The molecule has 23 heavy (non-hydrogen) atoms. The van der Waals surface area contributed by atoms with Crippen molar-refractivity contribution in [3.8, 4) is 5.75 Å². The first-order valence-electron chi connectivity index (χ1n) is 6.62. The van der Waals surface area contributed by atoms with Crippen LogP contribution in [-0.2, 0) is 4.79 Å². The van der Waals surface area contributed by atoms with Crippen LogP contribution in [-0.4, -0.2) is 18.7 Å². The first-order valence-corrected chi connectivity index (χ1v) is 7.41. The average Bonchev–Trinajstić information content (AvgIpc) is 2.50. The van der Waals surface area contributed by atoms with E-state index in [9.17, 15) is 13.6 Å². The molecule has 0 radical (unpaired) electrons. The summed E-state index contributed by atoms with van der Waals surface area (Å²) in [4.78, 5) is 11.6. The average molecular weight is 383 g/mol. The lowest BCUT2D eigenvalue weighted by Gasteiger charge is -2.08. The van der Waals surface area contributed by atoms with Gasteiger partial charge in [-0.3, -0.25) is 4.79 Å². The molecular weight excluding hydrogens is 370 g/mol. The molecule has 0 bridgehead atoms. The quantitative estimate of drug-likeness (QED) is 0.634. The molecule has 0 unspecified atom stereocenters. The number of carbonyl (C=O) groups is 1. The molecular formula is C16H13BrF2N2O2. The van der Waals surface area contributed by atoms with Crippen molar-refractivity contribution in [1.29, 1.82) is 0 Å². The number of hydrogen-bond acceptors (Lipinski definition) is 3. The van der Waals surface area contributed by atoms with Crippen molar-refractivity contribution < 1.29 is 18.3 Å². The van der Waals surface area contributed by atoms with Crippen LogP contribution in [0.4, 0.5) is 8.78 Å². The van der Waals surface area contributed by atoms with Gasteiger partial charge >= 0.3 is 0 Å². The highest BCUT2D eigenvalue weighted by atomic mass is 79.9. The molecule has 0 atom stereocenters. The van der Waals surface area contributed by atoms with Gasteiger partial charge in [0, 0.05) is 10.0 Å². The van der Waals surface area contributed by atoms with E-state index in [0.717, 1.165) is 22.3 Å². The van der Waals surface area contributed by atoms with Crippen LogP contribution in [0.1, 0.15) is 11.1 Å². The monoisotopic (exact) mass is 382 g/mol. The van der Waals surface area contributed by atoms with Gasteiger partial charge in [-0.2, -0.15) is 5.10 Å². The van der Waals surface area contributed by atoms with Crippen LogP contribution < -0.4 is 10.2 Å². The maximum atomic E-state index is 13.4. The minimum atomic E-state index is -1.02. The van der Waals surface area contributed by atoms with Gasteiger partial charge in [0.05, 0.1) is 6.21 Å². The Balaban J connectivity index is 1.87. The van der Waals surface area contributed by atoms with E-state index in [1.807, 2.05) is 13.0 Å².